The molecule has 0 saturated carbocycles. The Balaban J connectivity index is 2.35. The lowest BCUT2D eigenvalue weighted by Gasteiger charge is -2.02. The number of phenols is 1. The van der Waals surface area contributed by atoms with Crippen molar-refractivity contribution in [2.24, 2.45) is 5.10 Å². The molecule has 0 saturated heterocycles. The van der Waals surface area contributed by atoms with Gasteiger partial charge in [0.15, 0.2) is 0 Å². The van der Waals surface area contributed by atoms with E-state index in [4.69, 9.17) is 4.74 Å². The van der Waals surface area contributed by atoms with Crippen molar-refractivity contribution in [2.45, 2.75) is 19.8 Å². The minimum atomic E-state index is -0.592. The van der Waals surface area contributed by atoms with Gasteiger partial charge in [-0.15, -0.1) is 0 Å². The van der Waals surface area contributed by atoms with E-state index in [1.54, 1.807) is 24.3 Å². The van der Waals surface area contributed by atoms with Crippen LogP contribution in [0.25, 0.3) is 0 Å². The van der Waals surface area contributed by atoms with Crippen LogP contribution >= 0.6 is 0 Å². The van der Waals surface area contributed by atoms with E-state index in [1.165, 1.54) is 6.21 Å². The average Bonchev–Trinajstić information content (AvgIpc) is 2.32. The van der Waals surface area contributed by atoms with Crippen LogP contribution in [0, 0.1) is 0 Å². The lowest BCUT2D eigenvalue weighted by molar-refractivity contribution is 0.145. The van der Waals surface area contributed by atoms with Crippen LogP contribution in [0.4, 0.5) is 4.79 Å². The van der Waals surface area contributed by atoms with E-state index in [9.17, 15) is 9.90 Å². The van der Waals surface area contributed by atoms with E-state index >= 15 is 0 Å². The van der Waals surface area contributed by atoms with Crippen LogP contribution in [-0.4, -0.2) is 24.0 Å². The molecule has 0 aliphatic rings. The number of rotatable bonds is 5. The van der Waals surface area contributed by atoms with Crippen molar-refractivity contribution in [3.05, 3.63) is 29.8 Å². The molecule has 1 amide bonds. The van der Waals surface area contributed by atoms with Gasteiger partial charge in [-0.2, -0.15) is 5.10 Å². The molecule has 17 heavy (non-hydrogen) atoms. The Hall–Kier alpha value is -2.04. The number of carbonyl (C=O) groups excluding carboxylic acids is 1. The summed E-state index contributed by atoms with van der Waals surface area (Å²) in [6.45, 7) is 2.39. The molecule has 0 radical (unpaired) electrons. The highest BCUT2D eigenvalue weighted by Gasteiger charge is 1.99. The maximum Gasteiger partial charge on any atom is 0.427 e. The third-order valence-electron chi connectivity index (χ3n) is 2.03. The maximum absolute atomic E-state index is 11.1. The molecule has 92 valence electrons. The minimum absolute atomic E-state index is 0.109. The number of phenolic OH excluding ortho intramolecular Hbond substituents is 1. The molecule has 0 aliphatic carbocycles. The number of nitrogens with zero attached hydrogens (tertiary/aromatic N) is 1. The highest BCUT2D eigenvalue weighted by Crippen LogP contribution is 2.12. The summed E-state index contributed by atoms with van der Waals surface area (Å²) in [5.41, 5.74) is 2.74. The normalized spacial score (nSPS) is 10.4. The topological polar surface area (TPSA) is 70.9 Å². The zero-order valence-corrected chi connectivity index (χ0v) is 9.72. The van der Waals surface area contributed by atoms with Crippen molar-refractivity contribution in [3.8, 4) is 5.75 Å². The number of hydrazone groups is 1. The van der Waals surface area contributed by atoms with Gasteiger partial charge in [-0.25, -0.2) is 10.2 Å². The fourth-order valence-electron chi connectivity index (χ4n) is 1.09. The van der Waals surface area contributed by atoms with E-state index in [1.807, 2.05) is 6.92 Å². The molecular weight excluding hydrogens is 220 g/mol. The summed E-state index contributed by atoms with van der Waals surface area (Å²) in [5.74, 6) is 0.109. The summed E-state index contributed by atoms with van der Waals surface area (Å²) in [4.78, 5) is 11.1. The molecule has 1 rings (SSSR count). The molecule has 0 heterocycles. The number of aromatic hydroxyl groups is 1. The molecule has 0 aliphatic heterocycles. The van der Waals surface area contributed by atoms with Crippen LogP contribution in [0.5, 0.6) is 5.75 Å². The first-order valence-corrected chi connectivity index (χ1v) is 5.48. The lowest BCUT2D eigenvalue weighted by atomic mass is 10.2. The Kier molecular flexibility index (Phi) is 5.57. The number of hydrogen-bond donors (Lipinski definition) is 2. The smallest absolute Gasteiger partial charge is 0.427 e. The van der Waals surface area contributed by atoms with Gasteiger partial charge in [0.05, 0.1) is 12.8 Å². The Bertz CT molecular complexity index is 391. The van der Waals surface area contributed by atoms with Gasteiger partial charge in [0.25, 0.3) is 0 Å². The van der Waals surface area contributed by atoms with Crippen molar-refractivity contribution in [3.63, 3.8) is 0 Å². The summed E-state index contributed by atoms with van der Waals surface area (Å²) in [6, 6.07) is 6.70. The second-order valence-corrected chi connectivity index (χ2v) is 3.42. The van der Waals surface area contributed by atoms with Gasteiger partial charge < -0.3 is 9.84 Å². The Morgan fingerprint density at radius 1 is 1.53 bits per heavy atom. The standard InChI is InChI=1S/C12H16N2O3/c1-2-3-8-17-12(16)14-13-9-10-6-4-5-7-11(10)15/h4-7,9,15H,2-3,8H2,1H3,(H,14,16)/b13-9+. The molecule has 0 spiro atoms. The third-order valence-corrected chi connectivity index (χ3v) is 2.03. The number of nitrogens with one attached hydrogen (secondary N) is 1. The van der Waals surface area contributed by atoms with E-state index in [0.29, 0.717) is 12.2 Å². The summed E-state index contributed by atoms with van der Waals surface area (Å²) in [7, 11) is 0. The van der Waals surface area contributed by atoms with E-state index in [0.717, 1.165) is 12.8 Å². The number of hydrogen-bond acceptors (Lipinski definition) is 4. The van der Waals surface area contributed by atoms with Gasteiger partial charge in [0.1, 0.15) is 5.75 Å². The van der Waals surface area contributed by atoms with Crippen molar-refractivity contribution in [2.75, 3.05) is 6.61 Å². The van der Waals surface area contributed by atoms with Crippen LogP contribution in [-0.2, 0) is 4.74 Å². The van der Waals surface area contributed by atoms with Crippen molar-refractivity contribution >= 4 is 12.3 Å². The van der Waals surface area contributed by atoms with Gasteiger partial charge >= 0.3 is 6.09 Å². The molecule has 0 atom stereocenters. The quantitative estimate of drug-likeness (QED) is 0.468. The molecular formula is C12H16N2O3. The van der Waals surface area contributed by atoms with Gasteiger partial charge in [0, 0.05) is 5.56 Å². The van der Waals surface area contributed by atoms with Crippen LogP contribution in [0.2, 0.25) is 0 Å². The molecule has 1 aromatic carbocycles. The summed E-state index contributed by atoms with van der Waals surface area (Å²) in [6.07, 6.45) is 2.56. The first-order chi connectivity index (χ1) is 8.24. The second kappa shape index (κ2) is 7.27. The monoisotopic (exact) mass is 236 g/mol. The Morgan fingerprint density at radius 3 is 3.00 bits per heavy atom. The van der Waals surface area contributed by atoms with Crippen LogP contribution in [0.15, 0.2) is 29.4 Å². The van der Waals surface area contributed by atoms with E-state index < -0.39 is 6.09 Å². The SMILES string of the molecule is CCCCOC(=O)N/N=C/c1ccccc1O. The van der Waals surface area contributed by atoms with Gasteiger partial charge in [-0.1, -0.05) is 25.5 Å². The van der Waals surface area contributed by atoms with Crippen molar-refractivity contribution < 1.29 is 14.6 Å². The highest BCUT2D eigenvalue weighted by atomic mass is 16.5. The van der Waals surface area contributed by atoms with E-state index in [-0.39, 0.29) is 5.75 Å². The van der Waals surface area contributed by atoms with Crippen molar-refractivity contribution in [1.82, 2.24) is 5.43 Å². The summed E-state index contributed by atoms with van der Waals surface area (Å²) in [5, 5.41) is 13.1. The third kappa shape index (κ3) is 5.01. The number of para-hydroxylation sites is 1. The zero-order chi connectivity index (χ0) is 12.5. The first-order valence-electron chi connectivity index (χ1n) is 5.48. The highest BCUT2D eigenvalue weighted by molar-refractivity contribution is 5.84. The minimum Gasteiger partial charge on any atom is -0.507 e. The maximum atomic E-state index is 11.1. The lowest BCUT2D eigenvalue weighted by Crippen LogP contribution is -2.19. The molecule has 5 heteroatoms. The zero-order valence-electron chi connectivity index (χ0n) is 9.72. The van der Waals surface area contributed by atoms with Crippen LogP contribution < -0.4 is 5.43 Å². The number of unbranched alkanes of at least 4 members (excludes halogenated alkanes) is 1. The molecule has 0 aromatic heterocycles. The number of carbonyl (C=O) groups is 1. The first kappa shape index (κ1) is 13.0. The fraction of sp³-hybridized carbons (Fsp3) is 0.333. The molecule has 0 fully saturated rings. The Labute approximate surface area is 100 Å². The number of benzene rings is 1. The van der Waals surface area contributed by atoms with E-state index in [2.05, 4.69) is 10.5 Å². The van der Waals surface area contributed by atoms with Crippen molar-refractivity contribution in [1.29, 1.82) is 0 Å². The number of amides is 1. The Morgan fingerprint density at radius 2 is 2.29 bits per heavy atom. The summed E-state index contributed by atoms with van der Waals surface area (Å²) < 4.78 is 4.82. The predicted octanol–water partition coefficient (Wildman–Crippen LogP) is 2.25. The molecule has 0 bridgehead atoms. The average molecular weight is 236 g/mol. The largest absolute Gasteiger partial charge is 0.507 e. The molecule has 2 N–H and O–H groups in total. The molecule has 0 unspecified atom stereocenters. The van der Waals surface area contributed by atoms with Crippen LogP contribution in [0.3, 0.4) is 0 Å². The predicted molar refractivity (Wildman–Crippen MR) is 65.1 cm³/mol. The summed E-state index contributed by atoms with van der Waals surface area (Å²) >= 11 is 0. The van der Waals surface area contributed by atoms with Gasteiger partial charge in [-0.05, 0) is 18.6 Å². The number of ether oxygens (including phenoxy) is 1. The van der Waals surface area contributed by atoms with Gasteiger partial charge in [0.2, 0.25) is 0 Å². The van der Waals surface area contributed by atoms with Crippen LogP contribution in [0.1, 0.15) is 25.3 Å². The molecule has 1 aromatic rings. The molecule has 5 nitrogen and oxygen atoms in total. The fourth-order valence-corrected chi connectivity index (χ4v) is 1.09. The van der Waals surface area contributed by atoms with Gasteiger partial charge in [-0.3, -0.25) is 0 Å². The second-order valence-electron chi connectivity index (χ2n) is 3.42.